The first kappa shape index (κ1) is 30.8. The molecule has 2 aliphatic rings. The van der Waals surface area contributed by atoms with Gasteiger partial charge in [-0.1, -0.05) is 30.3 Å². The summed E-state index contributed by atoms with van der Waals surface area (Å²) < 4.78 is 22.7. The third kappa shape index (κ3) is 5.47. The number of benzene rings is 3. The molecular formula is C35H34FN5O5. The number of anilines is 1. The van der Waals surface area contributed by atoms with Crippen molar-refractivity contribution in [2.45, 2.75) is 33.2 Å². The molecule has 3 amide bonds. The third-order valence-electron chi connectivity index (χ3n) is 9.18. The van der Waals surface area contributed by atoms with Crippen molar-refractivity contribution >= 4 is 23.4 Å². The lowest BCUT2D eigenvalue weighted by Crippen LogP contribution is -2.34. The second kappa shape index (κ2) is 12.0. The van der Waals surface area contributed by atoms with Crippen molar-refractivity contribution in [1.82, 2.24) is 19.8 Å². The maximum atomic E-state index is 15.8. The highest BCUT2D eigenvalue weighted by Gasteiger charge is 2.50. The Hall–Kier alpha value is -5.16. The zero-order valence-electron chi connectivity index (χ0n) is 26.1. The van der Waals surface area contributed by atoms with Gasteiger partial charge in [0.15, 0.2) is 0 Å². The summed E-state index contributed by atoms with van der Waals surface area (Å²) in [5.41, 5.74) is 4.64. The van der Waals surface area contributed by atoms with Crippen LogP contribution in [0.25, 0.3) is 22.3 Å². The molecule has 46 heavy (non-hydrogen) atoms. The van der Waals surface area contributed by atoms with Gasteiger partial charge in [-0.3, -0.25) is 29.4 Å². The van der Waals surface area contributed by atoms with Gasteiger partial charge >= 0.3 is 0 Å². The number of halogens is 1. The molecule has 236 valence electrons. The van der Waals surface area contributed by atoms with E-state index < -0.39 is 22.7 Å². The van der Waals surface area contributed by atoms with Crippen molar-refractivity contribution < 1.29 is 23.5 Å². The van der Waals surface area contributed by atoms with E-state index in [9.17, 15) is 19.2 Å². The van der Waals surface area contributed by atoms with Crippen molar-refractivity contribution in [3.63, 3.8) is 0 Å². The lowest BCUT2D eigenvalue weighted by Gasteiger charge is -2.22. The Balaban J connectivity index is 1.28. The first-order valence-electron chi connectivity index (χ1n) is 15.0. The largest absolute Gasteiger partial charge is 0.496 e. The Labute approximate surface area is 265 Å². The summed E-state index contributed by atoms with van der Waals surface area (Å²) in [5.74, 6) is -1.09. The van der Waals surface area contributed by atoms with E-state index in [4.69, 9.17) is 4.74 Å². The van der Waals surface area contributed by atoms with Gasteiger partial charge in [0.2, 0.25) is 11.8 Å². The minimum absolute atomic E-state index is 0.0595. The summed E-state index contributed by atoms with van der Waals surface area (Å²) in [7, 11) is 3.04. The van der Waals surface area contributed by atoms with E-state index in [-0.39, 0.29) is 30.3 Å². The second-order valence-corrected chi connectivity index (χ2v) is 12.1. The van der Waals surface area contributed by atoms with Gasteiger partial charge < -0.3 is 14.6 Å². The molecule has 1 unspecified atom stereocenters. The second-order valence-electron chi connectivity index (χ2n) is 12.1. The van der Waals surface area contributed by atoms with Gasteiger partial charge in [-0.15, -0.1) is 0 Å². The van der Waals surface area contributed by atoms with Gasteiger partial charge in [-0.05, 0) is 78.4 Å². The molecular weight excluding hydrogens is 589 g/mol. The lowest BCUT2D eigenvalue weighted by atomic mass is 9.85. The number of carbonyl (C=O) groups excluding carboxylic acids is 3. The maximum Gasteiger partial charge on any atom is 0.265 e. The molecule has 4 aromatic rings. The van der Waals surface area contributed by atoms with Crippen LogP contribution < -0.4 is 20.9 Å². The van der Waals surface area contributed by atoms with E-state index in [1.807, 2.05) is 55.1 Å². The van der Waals surface area contributed by atoms with Crippen LogP contribution in [0.4, 0.5) is 10.1 Å². The van der Waals surface area contributed by atoms with Crippen LogP contribution in [-0.4, -0.2) is 52.4 Å². The van der Waals surface area contributed by atoms with Crippen LogP contribution in [0.3, 0.4) is 0 Å². The topological polar surface area (TPSA) is 123 Å². The Morgan fingerprint density at radius 1 is 1.07 bits per heavy atom. The molecule has 1 atom stereocenters. The fourth-order valence-corrected chi connectivity index (χ4v) is 6.59. The normalized spacial score (nSPS) is 17.8. The van der Waals surface area contributed by atoms with Gasteiger partial charge in [0.1, 0.15) is 17.1 Å². The molecule has 2 aliphatic heterocycles. The number of ether oxygens (including phenoxy) is 1. The number of rotatable bonds is 7. The first-order valence-corrected chi connectivity index (χ1v) is 15.0. The van der Waals surface area contributed by atoms with E-state index in [0.717, 1.165) is 27.8 Å². The Morgan fingerprint density at radius 2 is 1.78 bits per heavy atom. The van der Waals surface area contributed by atoms with Gasteiger partial charge in [-0.2, -0.15) is 0 Å². The van der Waals surface area contributed by atoms with E-state index in [1.165, 1.54) is 37.3 Å². The van der Waals surface area contributed by atoms with Crippen molar-refractivity contribution in [2.24, 2.45) is 12.5 Å². The van der Waals surface area contributed by atoms with Gasteiger partial charge in [0.05, 0.1) is 18.9 Å². The number of aryl methyl sites for hydroxylation is 1. The summed E-state index contributed by atoms with van der Waals surface area (Å²) in [4.78, 5) is 55.6. The minimum Gasteiger partial charge on any atom is -0.496 e. The molecule has 0 radical (unpaired) electrons. The molecule has 2 N–H and O–H groups in total. The number of amides is 3. The number of hydrogen-bond acceptors (Lipinski definition) is 7. The number of nitrogens with zero attached hydrogens (tertiary/aromatic N) is 3. The minimum atomic E-state index is -0.744. The summed E-state index contributed by atoms with van der Waals surface area (Å²) >= 11 is 0. The predicted molar refractivity (Wildman–Crippen MR) is 171 cm³/mol. The van der Waals surface area contributed by atoms with E-state index in [1.54, 1.807) is 6.07 Å². The van der Waals surface area contributed by atoms with E-state index >= 15 is 4.39 Å². The number of likely N-dealkylation sites (tertiary alicyclic amines) is 1. The molecule has 3 aromatic carbocycles. The SMILES string of the molecule is COc1cc(-c2cccc(-c3cccc(NC(=O)c4cncn(C)c4=O)c3C)c2C)cc(F)c1CN1CCC2(CC(=O)NC2=O)C1. The molecule has 2 fully saturated rings. The molecule has 0 aliphatic carbocycles. The summed E-state index contributed by atoms with van der Waals surface area (Å²) in [6, 6.07) is 14.7. The van der Waals surface area contributed by atoms with E-state index in [0.29, 0.717) is 42.1 Å². The van der Waals surface area contributed by atoms with Gasteiger partial charge in [-0.25, -0.2) is 9.37 Å². The number of nitrogens with one attached hydrogen (secondary N) is 2. The average molecular weight is 624 g/mol. The predicted octanol–water partition coefficient (Wildman–Crippen LogP) is 4.37. The molecule has 1 spiro atoms. The average Bonchev–Trinajstić information content (AvgIpc) is 3.56. The Kier molecular flexibility index (Phi) is 8.03. The molecule has 3 heterocycles. The standard InChI is InChI=1S/C35H34FN5O5/c1-20-23(22-13-28(36)27(30(14-22)46-4)17-41-12-11-35(18-41)15-31(42)39-34(35)45)7-5-8-24(20)25-9-6-10-29(21(25)2)38-32(43)26-16-37-19-40(3)33(26)44/h5-10,13-14,16,19H,11-12,15,17-18H2,1-4H3,(H,38,43)(H,39,42,45). The quantitative estimate of drug-likeness (QED) is 0.293. The van der Waals surface area contributed by atoms with Crippen molar-refractivity contribution in [2.75, 3.05) is 25.5 Å². The molecule has 10 nitrogen and oxygen atoms in total. The highest BCUT2D eigenvalue weighted by Crippen LogP contribution is 2.41. The van der Waals surface area contributed by atoms with Crippen molar-refractivity contribution in [3.8, 4) is 28.0 Å². The third-order valence-corrected chi connectivity index (χ3v) is 9.18. The number of methoxy groups -OCH3 is 1. The fourth-order valence-electron chi connectivity index (χ4n) is 6.59. The smallest absolute Gasteiger partial charge is 0.265 e. The Bertz CT molecular complexity index is 1970. The van der Waals surface area contributed by atoms with Crippen LogP contribution in [0, 0.1) is 25.1 Å². The first-order chi connectivity index (χ1) is 22.0. The van der Waals surface area contributed by atoms with Crippen molar-refractivity contribution in [3.05, 3.63) is 99.5 Å². The summed E-state index contributed by atoms with van der Waals surface area (Å²) in [6.07, 6.45) is 3.31. The number of aromatic nitrogens is 2. The fraction of sp³-hybridized carbons (Fsp3) is 0.286. The van der Waals surface area contributed by atoms with E-state index in [2.05, 4.69) is 15.6 Å². The van der Waals surface area contributed by atoms with Gasteiger partial charge in [0, 0.05) is 44.0 Å². The van der Waals surface area contributed by atoms with Gasteiger partial charge in [0.25, 0.3) is 11.5 Å². The van der Waals surface area contributed by atoms with Crippen molar-refractivity contribution in [1.29, 1.82) is 0 Å². The highest BCUT2D eigenvalue weighted by atomic mass is 19.1. The number of imide groups is 1. The van der Waals surface area contributed by atoms with Crippen LogP contribution in [0.2, 0.25) is 0 Å². The lowest BCUT2D eigenvalue weighted by molar-refractivity contribution is -0.128. The van der Waals surface area contributed by atoms with Crippen LogP contribution in [-0.2, 0) is 23.2 Å². The molecule has 0 bridgehead atoms. The Morgan fingerprint density at radius 3 is 2.50 bits per heavy atom. The molecule has 0 saturated carbocycles. The molecule has 11 heteroatoms. The highest BCUT2D eigenvalue weighted by molar-refractivity contribution is 6.06. The van der Waals surface area contributed by atoms with Crippen LogP contribution >= 0.6 is 0 Å². The molecule has 6 rings (SSSR count). The monoisotopic (exact) mass is 623 g/mol. The van der Waals surface area contributed by atoms with Crippen LogP contribution in [0.15, 0.2) is 65.8 Å². The zero-order chi connectivity index (χ0) is 32.7. The summed E-state index contributed by atoms with van der Waals surface area (Å²) in [5, 5.41) is 5.25. The summed E-state index contributed by atoms with van der Waals surface area (Å²) in [6.45, 7) is 5.06. The maximum absolute atomic E-state index is 15.8. The zero-order valence-corrected chi connectivity index (χ0v) is 26.1. The number of hydrogen-bond donors (Lipinski definition) is 2. The number of carbonyl (C=O) groups is 3. The molecule has 2 saturated heterocycles. The van der Waals surface area contributed by atoms with Crippen LogP contribution in [0.5, 0.6) is 5.75 Å². The molecule has 1 aromatic heterocycles. The van der Waals surface area contributed by atoms with Crippen LogP contribution in [0.1, 0.15) is 39.9 Å².